The lowest BCUT2D eigenvalue weighted by Crippen LogP contribution is -2.19. The Balaban J connectivity index is 2.52. The number of rotatable bonds is 1. The Morgan fingerprint density at radius 2 is 2.31 bits per heavy atom. The molecule has 3 heteroatoms. The number of halogens is 1. The van der Waals surface area contributed by atoms with Crippen LogP contribution in [-0.4, -0.2) is 5.91 Å². The highest BCUT2D eigenvalue weighted by atomic mass is 79.9. The third kappa shape index (κ3) is 1.37. The summed E-state index contributed by atoms with van der Waals surface area (Å²) in [6.45, 7) is 0. The van der Waals surface area contributed by atoms with Crippen molar-refractivity contribution in [2.45, 2.75) is 18.8 Å². The molecule has 1 amide bonds. The fraction of sp³-hybridized carbons (Fsp3) is 0.300. The van der Waals surface area contributed by atoms with E-state index in [2.05, 4.69) is 22.0 Å². The molecule has 0 saturated heterocycles. The summed E-state index contributed by atoms with van der Waals surface area (Å²) < 4.78 is 1.01. The van der Waals surface area contributed by atoms with Crippen LogP contribution in [0.15, 0.2) is 22.7 Å². The van der Waals surface area contributed by atoms with E-state index >= 15 is 0 Å². The maximum absolute atomic E-state index is 11.1. The number of carbonyl (C=O) groups excluding carboxylic acids is 1. The molecule has 0 unspecified atom stereocenters. The predicted molar refractivity (Wildman–Crippen MR) is 54.4 cm³/mol. The van der Waals surface area contributed by atoms with Gasteiger partial charge in [-0.2, -0.15) is 0 Å². The van der Waals surface area contributed by atoms with Crippen LogP contribution in [0.2, 0.25) is 0 Å². The Hall–Kier alpha value is -0.830. The average Bonchev–Trinajstić information content (AvgIpc) is 2.49. The molecule has 0 heterocycles. The number of primary amides is 1. The summed E-state index contributed by atoms with van der Waals surface area (Å²) in [7, 11) is 0. The van der Waals surface area contributed by atoms with Crippen LogP contribution in [0.5, 0.6) is 0 Å². The molecule has 2 N–H and O–H groups in total. The van der Waals surface area contributed by atoms with Crippen molar-refractivity contribution in [1.82, 2.24) is 0 Å². The van der Waals surface area contributed by atoms with E-state index in [1.54, 1.807) is 0 Å². The molecule has 1 aliphatic carbocycles. The molecular formula is C10H10BrNO. The van der Waals surface area contributed by atoms with Gasteiger partial charge in [0.15, 0.2) is 0 Å². The lowest BCUT2D eigenvalue weighted by Gasteiger charge is -2.08. The number of aryl methyl sites for hydroxylation is 1. The molecular weight excluding hydrogens is 230 g/mol. The van der Waals surface area contributed by atoms with E-state index in [1.807, 2.05) is 12.1 Å². The molecule has 2 rings (SSSR count). The van der Waals surface area contributed by atoms with Crippen LogP contribution in [0, 0.1) is 0 Å². The number of hydrogen-bond donors (Lipinski definition) is 1. The first-order valence-electron chi connectivity index (χ1n) is 4.26. The first-order valence-corrected chi connectivity index (χ1v) is 5.06. The van der Waals surface area contributed by atoms with Gasteiger partial charge in [0, 0.05) is 4.47 Å². The van der Waals surface area contributed by atoms with Crippen LogP contribution in [0.1, 0.15) is 23.5 Å². The van der Waals surface area contributed by atoms with Gasteiger partial charge < -0.3 is 5.73 Å². The normalized spacial score (nSPS) is 19.9. The van der Waals surface area contributed by atoms with Crippen molar-refractivity contribution in [3.8, 4) is 0 Å². The number of nitrogens with two attached hydrogens (primary N) is 1. The fourth-order valence-electron chi connectivity index (χ4n) is 1.92. The number of amides is 1. The van der Waals surface area contributed by atoms with E-state index in [1.165, 1.54) is 5.56 Å². The lowest BCUT2D eigenvalue weighted by atomic mass is 10.0. The van der Waals surface area contributed by atoms with Crippen molar-refractivity contribution >= 4 is 21.8 Å². The first kappa shape index (κ1) is 8.75. The monoisotopic (exact) mass is 239 g/mol. The van der Waals surface area contributed by atoms with Crippen molar-refractivity contribution in [1.29, 1.82) is 0 Å². The Morgan fingerprint density at radius 1 is 1.54 bits per heavy atom. The zero-order valence-electron chi connectivity index (χ0n) is 7.09. The van der Waals surface area contributed by atoms with Crippen LogP contribution in [-0.2, 0) is 11.2 Å². The smallest absolute Gasteiger partial charge is 0.225 e. The third-order valence-electron chi connectivity index (χ3n) is 2.54. The van der Waals surface area contributed by atoms with Crippen LogP contribution < -0.4 is 5.73 Å². The number of hydrogen-bond acceptors (Lipinski definition) is 1. The molecule has 0 bridgehead atoms. The maximum atomic E-state index is 11.1. The highest BCUT2D eigenvalue weighted by molar-refractivity contribution is 9.10. The minimum absolute atomic E-state index is 0.0921. The molecule has 0 spiro atoms. The van der Waals surface area contributed by atoms with Crippen molar-refractivity contribution in [2.24, 2.45) is 5.73 Å². The number of benzene rings is 1. The SMILES string of the molecule is NC(=O)[C@H]1CCc2cccc(Br)c21. The van der Waals surface area contributed by atoms with Crippen LogP contribution in [0.3, 0.4) is 0 Å². The van der Waals surface area contributed by atoms with E-state index in [-0.39, 0.29) is 11.8 Å². The van der Waals surface area contributed by atoms with Gasteiger partial charge in [-0.05, 0) is 30.0 Å². The van der Waals surface area contributed by atoms with Gasteiger partial charge in [-0.3, -0.25) is 4.79 Å². The van der Waals surface area contributed by atoms with E-state index in [9.17, 15) is 4.79 Å². The summed E-state index contributed by atoms with van der Waals surface area (Å²) in [5.41, 5.74) is 7.66. The van der Waals surface area contributed by atoms with Gasteiger partial charge in [-0.1, -0.05) is 28.1 Å². The molecule has 0 radical (unpaired) electrons. The Labute approximate surface area is 85.3 Å². The van der Waals surface area contributed by atoms with Gasteiger partial charge in [0.25, 0.3) is 0 Å². The largest absolute Gasteiger partial charge is 0.369 e. The summed E-state index contributed by atoms with van der Waals surface area (Å²) in [6, 6.07) is 6.01. The van der Waals surface area contributed by atoms with Gasteiger partial charge in [0.2, 0.25) is 5.91 Å². The summed E-state index contributed by atoms with van der Waals surface area (Å²) in [6.07, 6.45) is 1.82. The molecule has 0 aliphatic heterocycles. The minimum Gasteiger partial charge on any atom is -0.369 e. The number of fused-ring (bicyclic) bond motifs is 1. The molecule has 68 valence electrons. The standard InChI is InChI=1S/C10H10BrNO/c11-8-3-1-2-6-4-5-7(9(6)8)10(12)13/h1-3,7H,4-5H2,(H2,12,13)/t7-/m0/s1. The quantitative estimate of drug-likeness (QED) is 0.801. The lowest BCUT2D eigenvalue weighted by molar-refractivity contribution is -0.119. The molecule has 1 aliphatic rings. The van der Waals surface area contributed by atoms with Gasteiger partial charge >= 0.3 is 0 Å². The van der Waals surface area contributed by atoms with Crippen molar-refractivity contribution in [3.63, 3.8) is 0 Å². The molecule has 1 aromatic carbocycles. The van der Waals surface area contributed by atoms with Gasteiger partial charge in [-0.15, -0.1) is 0 Å². The van der Waals surface area contributed by atoms with Crippen molar-refractivity contribution in [2.75, 3.05) is 0 Å². The number of carbonyl (C=O) groups is 1. The van der Waals surface area contributed by atoms with E-state index in [4.69, 9.17) is 5.73 Å². The molecule has 1 aromatic rings. The summed E-state index contributed by atoms with van der Waals surface area (Å²) >= 11 is 3.45. The second-order valence-corrected chi connectivity index (χ2v) is 4.16. The van der Waals surface area contributed by atoms with E-state index in [0.29, 0.717) is 0 Å². The fourth-order valence-corrected chi connectivity index (χ4v) is 2.60. The molecule has 2 nitrogen and oxygen atoms in total. The van der Waals surface area contributed by atoms with Crippen LogP contribution in [0.4, 0.5) is 0 Å². The van der Waals surface area contributed by atoms with Crippen LogP contribution >= 0.6 is 15.9 Å². The van der Waals surface area contributed by atoms with Gasteiger partial charge in [-0.25, -0.2) is 0 Å². The van der Waals surface area contributed by atoms with Gasteiger partial charge in [0.1, 0.15) is 0 Å². The third-order valence-corrected chi connectivity index (χ3v) is 3.23. The van der Waals surface area contributed by atoms with E-state index < -0.39 is 0 Å². The molecule has 0 aromatic heterocycles. The second-order valence-electron chi connectivity index (χ2n) is 3.31. The van der Waals surface area contributed by atoms with Crippen molar-refractivity contribution in [3.05, 3.63) is 33.8 Å². The predicted octanol–water partition coefficient (Wildman–Crippen LogP) is 1.96. The van der Waals surface area contributed by atoms with Crippen LogP contribution in [0.25, 0.3) is 0 Å². The molecule has 13 heavy (non-hydrogen) atoms. The minimum atomic E-state index is -0.217. The highest BCUT2D eigenvalue weighted by Crippen LogP contribution is 2.37. The first-order chi connectivity index (χ1) is 6.20. The molecule has 1 atom stereocenters. The Bertz CT molecular complexity index is 362. The summed E-state index contributed by atoms with van der Waals surface area (Å²) in [4.78, 5) is 11.1. The Kier molecular flexibility index (Phi) is 2.12. The Morgan fingerprint density at radius 3 is 3.00 bits per heavy atom. The maximum Gasteiger partial charge on any atom is 0.225 e. The summed E-state index contributed by atoms with van der Waals surface area (Å²) in [5, 5.41) is 0. The topological polar surface area (TPSA) is 43.1 Å². The summed E-state index contributed by atoms with van der Waals surface area (Å²) in [5.74, 6) is -0.309. The van der Waals surface area contributed by atoms with Gasteiger partial charge in [0.05, 0.1) is 5.92 Å². The average molecular weight is 240 g/mol. The zero-order valence-corrected chi connectivity index (χ0v) is 8.67. The molecule has 0 fully saturated rings. The van der Waals surface area contributed by atoms with E-state index in [0.717, 1.165) is 22.9 Å². The second kappa shape index (κ2) is 3.14. The van der Waals surface area contributed by atoms with Crippen molar-refractivity contribution < 1.29 is 4.79 Å². The highest BCUT2D eigenvalue weighted by Gasteiger charge is 2.28. The molecule has 0 saturated carbocycles. The zero-order chi connectivity index (χ0) is 9.42.